The zero-order valence-electron chi connectivity index (χ0n) is 12.5. The van der Waals surface area contributed by atoms with E-state index in [0.717, 1.165) is 16.6 Å². The molecule has 0 atom stereocenters. The molecule has 0 saturated heterocycles. The van der Waals surface area contributed by atoms with Gasteiger partial charge in [0.2, 0.25) is 0 Å². The first-order valence-electron chi connectivity index (χ1n) is 7.18. The smallest absolute Gasteiger partial charge is 0.255 e. The van der Waals surface area contributed by atoms with Gasteiger partial charge in [0.05, 0.1) is 27.9 Å². The second-order valence-corrected chi connectivity index (χ2v) is 5.69. The van der Waals surface area contributed by atoms with E-state index < -0.39 is 11.7 Å². The maximum atomic E-state index is 13.7. The predicted octanol–water partition coefficient (Wildman–Crippen LogP) is 3.34. The number of amides is 1. The number of aromatic nitrogens is 2. The van der Waals surface area contributed by atoms with Crippen molar-refractivity contribution in [2.75, 3.05) is 6.54 Å². The molecule has 0 unspecified atom stereocenters. The average molecular weight is 332 g/mol. The lowest BCUT2D eigenvalue weighted by atomic mass is 10.1. The number of halogens is 2. The van der Waals surface area contributed by atoms with Gasteiger partial charge in [-0.05, 0) is 36.2 Å². The third-order valence-electron chi connectivity index (χ3n) is 3.68. The lowest BCUT2D eigenvalue weighted by molar-refractivity contribution is 0.0950. The molecule has 6 heteroatoms. The molecule has 1 N–H and O–H groups in total. The third-order valence-corrected chi connectivity index (χ3v) is 3.99. The summed E-state index contributed by atoms with van der Waals surface area (Å²) in [5.74, 6) is -1.13. The molecule has 0 radical (unpaired) electrons. The van der Waals surface area contributed by atoms with Crippen LogP contribution >= 0.6 is 11.6 Å². The van der Waals surface area contributed by atoms with Crippen LogP contribution < -0.4 is 5.32 Å². The second-order valence-electron chi connectivity index (χ2n) is 5.28. The molecule has 0 fully saturated rings. The molecule has 0 aliphatic rings. The predicted molar refractivity (Wildman–Crippen MR) is 88.2 cm³/mol. The van der Waals surface area contributed by atoms with Crippen LogP contribution in [0.4, 0.5) is 4.39 Å². The number of nitrogens with one attached hydrogen (secondary N) is 1. The highest BCUT2D eigenvalue weighted by Gasteiger charge is 2.15. The minimum absolute atomic E-state index is 0.109. The summed E-state index contributed by atoms with van der Waals surface area (Å²) in [6.07, 6.45) is 2.39. The highest BCUT2D eigenvalue weighted by Crippen LogP contribution is 2.19. The molecular weight excluding hydrogens is 317 g/mol. The van der Waals surface area contributed by atoms with Crippen LogP contribution in [0.15, 0.2) is 42.7 Å². The first-order chi connectivity index (χ1) is 11.1. The lowest BCUT2D eigenvalue weighted by Crippen LogP contribution is -2.26. The van der Waals surface area contributed by atoms with E-state index in [0.29, 0.717) is 13.0 Å². The van der Waals surface area contributed by atoms with Crippen molar-refractivity contribution < 1.29 is 9.18 Å². The van der Waals surface area contributed by atoms with E-state index >= 15 is 0 Å². The van der Waals surface area contributed by atoms with Gasteiger partial charge in [0.15, 0.2) is 0 Å². The zero-order chi connectivity index (χ0) is 16.4. The summed E-state index contributed by atoms with van der Waals surface area (Å²) in [7, 11) is 1.94. The molecule has 118 valence electrons. The quantitative estimate of drug-likeness (QED) is 0.797. The van der Waals surface area contributed by atoms with Gasteiger partial charge in [-0.2, -0.15) is 0 Å². The number of benzene rings is 2. The Morgan fingerprint density at radius 1 is 1.35 bits per heavy atom. The summed E-state index contributed by atoms with van der Waals surface area (Å²) in [6.45, 7) is 0.391. The number of fused-ring (bicyclic) bond motifs is 1. The standard InChI is InChI=1S/C17H15ClFN3O/c1-22-10-21-14-9-11(5-6-15(14)22)7-8-20-17(23)16-12(18)3-2-4-13(16)19/h2-6,9-10H,7-8H2,1H3,(H,20,23). The Morgan fingerprint density at radius 3 is 2.96 bits per heavy atom. The van der Waals surface area contributed by atoms with Crippen LogP contribution in [0.1, 0.15) is 15.9 Å². The van der Waals surface area contributed by atoms with E-state index in [1.54, 1.807) is 6.33 Å². The molecule has 0 bridgehead atoms. The fraction of sp³-hybridized carbons (Fsp3) is 0.176. The van der Waals surface area contributed by atoms with Crippen molar-refractivity contribution in [2.24, 2.45) is 7.05 Å². The van der Waals surface area contributed by atoms with Crippen LogP contribution in [0.2, 0.25) is 5.02 Å². The van der Waals surface area contributed by atoms with Gasteiger partial charge in [0.25, 0.3) is 5.91 Å². The number of carbonyl (C=O) groups excluding carboxylic acids is 1. The van der Waals surface area contributed by atoms with Gasteiger partial charge in [-0.15, -0.1) is 0 Å². The van der Waals surface area contributed by atoms with Crippen LogP contribution in [0, 0.1) is 5.82 Å². The normalized spacial score (nSPS) is 10.9. The maximum absolute atomic E-state index is 13.7. The zero-order valence-corrected chi connectivity index (χ0v) is 13.3. The molecule has 1 amide bonds. The molecule has 4 nitrogen and oxygen atoms in total. The third kappa shape index (κ3) is 3.19. The molecule has 1 aromatic heterocycles. The van der Waals surface area contributed by atoms with E-state index in [1.807, 2.05) is 29.8 Å². The Kier molecular flexibility index (Phi) is 4.30. The number of aryl methyl sites for hydroxylation is 1. The van der Waals surface area contributed by atoms with E-state index in [1.165, 1.54) is 18.2 Å². The number of nitrogens with zero attached hydrogens (tertiary/aromatic N) is 2. The molecule has 1 heterocycles. The summed E-state index contributed by atoms with van der Waals surface area (Å²) >= 11 is 5.88. The monoisotopic (exact) mass is 331 g/mol. The van der Waals surface area contributed by atoms with Crippen molar-refractivity contribution in [2.45, 2.75) is 6.42 Å². The maximum Gasteiger partial charge on any atom is 0.255 e. The van der Waals surface area contributed by atoms with E-state index in [-0.39, 0.29) is 10.6 Å². The van der Waals surface area contributed by atoms with Gasteiger partial charge in [-0.1, -0.05) is 23.7 Å². The summed E-state index contributed by atoms with van der Waals surface area (Å²) in [4.78, 5) is 16.3. The molecule has 0 spiro atoms. The Morgan fingerprint density at radius 2 is 2.17 bits per heavy atom. The topological polar surface area (TPSA) is 46.9 Å². The number of carbonyl (C=O) groups is 1. The summed E-state index contributed by atoms with van der Waals surface area (Å²) in [5.41, 5.74) is 2.90. The first-order valence-corrected chi connectivity index (χ1v) is 7.56. The van der Waals surface area contributed by atoms with Gasteiger partial charge in [0.1, 0.15) is 5.82 Å². The van der Waals surface area contributed by atoms with Gasteiger partial charge < -0.3 is 9.88 Å². The Balaban J connectivity index is 1.65. The highest BCUT2D eigenvalue weighted by atomic mass is 35.5. The molecule has 2 aromatic carbocycles. The van der Waals surface area contributed by atoms with Crippen molar-refractivity contribution in [1.82, 2.24) is 14.9 Å². The fourth-order valence-electron chi connectivity index (χ4n) is 2.46. The first kappa shape index (κ1) is 15.5. The molecule has 3 rings (SSSR count). The number of hydrogen-bond acceptors (Lipinski definition) is 2. The SMILES string of the molecule is Cn1cnc2cc(CCNC(=O)c3c(F)cccc3Cl)ccc21. The second kappa shape index (κ2) is 6.38. The van der Waals surface area contributed by atoms with Crippen molar-refractivity contribution in [3.63, 3.8) is 0 Å². The number of imidazole rings is 1. The molecule has 0 aliphatic heterocycles. The van der Waals surface area contributed by atoms with E-state index in [2.05, 4.69) is 10.3 Å². The minimum atomic E-state index is -0.620. The van der Waals surface area contributed by atoms with Gasteiger partial charge in [-0.25, -0.2) is 9.37 Å². The summed E-state index contributed by atoms with van der Waals surface area (Å²) < 4.78 is 15.6. The lowest BCUT2D eigenvalue weighted by Gasteiger charge is -2.08. The molecule has 0 saturated carbocycles. The summed E-state index contributed by atoms with van der Waals surface area (Å²) in [6, 6.07) is 10.2. The number of rotatable bonds is 4. The van der Waals surface area contributed by atoms with Crippen LogP contribution in [-0.2, 0) is 13.5 Å². The van der Waals surface area contributed by atoms with Crippen LogP contribution in [0.3, 0.4) is 0 Å². The fourth-order valence-corrected chi connectivity index (χ4v) is 2.71. The van der Waals surface area contributed by atoms with Crippen molar-refractivity contribution in [3.05, 3.63) is 64.7 Å². The van der Waals surface area contributed by atoms with Crippen molar-refractivity contribution >= 4 is 28.5 Å². The average Bonchev–Trinajstić information content (AvgIpc) is 2.88. The van der Waals surface area contributed by atoms with Gasteiger partial charge in [-0.3, -0.25) is 4.79 Å². The Labute approximate surface area is 137 Å². The van der Waals surface area contributed by atoms with E-state index in [4.69, 9.17) is 11.6 Å². The highest BCUT2D eigenvalue weighted by molar-refractivity contribution is 6.33. The van der Waals surface area contributed by atoms with Crippen LogP contribution in [0.5, 0.6) is 0 Å². The van der Waals surface area contributed by atoms with Gasteiger partial charge in [0, 0.05) is 13.6 Å². The molecular formula is C17H15ClFN3O. The molecule has 0 aliphatic carbocycles. The Hall–Kier alpha value is -2.40. The number of hydrogen-bond donors (Lipinski definition) is 1. The van der Waals surface area contributed by atoms with Crippen molar-refractivity contribution in [3.8, 4) is 0 Å². The summed E-state index contributed by atoms with van der Waals surface area (Å²) in [5, 5.41) is 2.80. The molecule has 23 heavy (non-hydrogen) atoms. The van der Waals surface area contributed by atoms with Gasteiger partial charge >= 0.3 is 0 Å². The van der Waals surface area contributed by atoms with Crippen LogP contribution in [-0.4, -0.2) is 22.0 Å². The van der Waals surface area contributed by atoms with E-state index in [9.17, 15) is 9.18 Å². The largest absolute Gasteiger partial charge is 0.352 e. The minimum Gasteiger partial charge on any atom is -0.352 e. The van der Waals surface area contributed by atoms with Crippen LogP contribution in [0.25, 0.3) is 11.0 Å². The molecule has 3 aromatic rings. The Bertz CT molecular complexity index is 855. The van der Waals surface area contributed by atoms with Crippen molar-refractivity contribution in [1.29, 1.82) is 0 Å².